The smallest absolute Gasteiger partial charge is 0.274 e. The summed E-state index contributed by atoms with van der Waals surface area (Å²) in [4.78, 5) is 31.2. The maximum Gasteiger partial charge on any atom is 0.274 e. The second-order valence-corrected chi connectivity index (χ2v) is 7.17. The summed E-state index contributed by atoms with van der Waals surface area (Å²) in [5, 5.41) is 4.63. The van der Waals surface area contributed by atoms with E-state index in [0.717, 1.165) is 23.4 Å². The molecule has 144 valence electrons. The van der Waals surface area contributed by atoms with Crippen molar-refractivity contribution in [1.29, 1.82) is 0 Å². The molecule has 1 aliphatic rings. The number of likely N-dealkylation sites (N-methyl/N-ethyl adjacent to an activating group) is 1. The number of aromatic nitrogens is 3. The molecule has 2 aromatic heterocycles. The normalized spacial score (nSPS) is 15.9. The molecule has 3 aromatic rings. The van der Waals surface area contributed by atoms with Gasteiger partial charge >= 0.3 is 0 Å². The Hall–Kier alpha value is -3.35. The van der Waals surface area contributed by atoms with Crippen LogP contribution in [0, 0.1) is 0 Å². The molecular formula is C21H23N5O2. The van der Waals surface area contributed by atoms with E-state index in [0.29, 0.717) is 12.2 Å². The highest BCUT2D eigenvalue weighted by atomic mass is 16.2. The van der Waals surface area contributed by atoms with Crippen molar-refractivity contribution in [2.75, 3.05) is 25.5 Å². The van der Waals surface area contributed by atoms with Crippen molar-refractivity contribution in [1.82, 2.24) is 19.7 Å². The fraction of sp³-hybridized carbons (Fsp3) is 0.286. The maximum absolute atomic E-state index is 12.9. The Balaban J connectivity index is 1.61. The molecule has 1 aromatic carbocycles. The van der Waals surface area contributed by atoms with E-state index in [1.165, 1.54) is 0 Å². The average molecular weight is 377 g/mol. The molecule has 0 bridgehead atoms. The molecule has 0 saturated carbocycles. The summed E-state index contributed by atoms with van der Waals surface area (Å²) in [6.45, 7) is 0.835. The Bertz CT molecular complexity index is 990. The number of rotatable bonds is 4. The number of nitrogens with one attached hydrogen (secondary N) is 1. The van der Waals surface area contributed by atoms with E-state index < -0.39 is 0 Å². The van der Waals surface area contributed by atoms with Crippen molar-refractivity contribution in [2.24, 2.45) is 0 Å². The SMILES string of the molecule is CN(C)C(=O)Cn1ccc([C@@H]2CCN(C(=O)c3ccc[nH]3)c3ccccc32)n1. The first-order chi connectivity index (χ1) is 13.5. The zero-order valence-corrected chi connectivity index (χ0v) is 16.0. The Morgan fingerprint density at radius 2 is 2.00 bits per heavy atom. The number of para-hydroxylation sites is 1. The first-order valence-electron chi connectivity index (χ1n) is 9.32. The first kappa shape index (κ1) is 18.0. The molecule has 0 radical (unpaired) electrons. The van der Waals surface area contributed by atoms with Gasteiger partial charge in [-0.05, 0) is 36.2 Å². The van der Waals surface area contributed by atoms with Crippen molar-refractivity contribution in [3.05, 3.63) is 71.8 Å². The molecule has 28 heavy (non-hydrogen) atoms. The summed E-state index contributed by atoms with van der Waals surface area (Å²) in [7, 11) is 3.47. The Morgan fingerprint density at radius 3 is 2.75 bits per heavy atom. The van der Waals surface area contributed by atoms with Gasteiger partial charge in [-0.15, -0.1) is 0 Å². The second-order valence-electron chi connectivity index (χ2n) is 7.17. The van der Waals surface area contributed by atoms with Crippen molar-refractivity contribution in [3.8, 4) is 0 Å². The van der Waals surface area contributed by atoms with Crippen molar-refractivity contribution >= 4 is 17.5 Å². The fourth-order valence-electron chi connectivity index (χ4n) is 3.62. The molecular weight excluding hydrogens is 354 g/mol. The van der Waals surface area contributed by atoms with Crippen molar-refractivity contribution in [3.63, 3.8) is 0 Å². The average Bonchev–Trinajstić information content (AvgIpc) is 3.39. The zero-order chi connectivity index (χ0) is 19.7. The number of carbonyl (C=O) groups is 2. The summed E-state index contributed by atoms with van der Waals surface area (Å²) in [5.74, 6) is 0.0685. The predicted molar refractivity (Wildman–Crippen MR) is 106 cm³/mol. The minimum absolute atomic E-state index is 0.00131. The van der Waals surface area contributed by atoms with E-state index in [9.17, 15) is 9.59 Å². The number of nitrogens with zero attached hydrogens (tertiary/aromatic N) is 4. The van der Waals surface area contributed by atoms with Gasteiger partial charge in [0.05, 0.1) is 5.69 Å². The molecule has 3 heterocycles. The van der Waals surface area contributed by atoms with Gasteiger partial charge in [-0.25, -0.2) is 0 Å². The number of fused-ring (bicyclic) bond motifs is 1. The number of anilines is 1. The molecule has 0 unspecified atom stereocenters. The first-order valence-corrected chi connectivity index (χ1v) is 9.32. The number of aromatic amines is 1. The van der Waals surface area contributed by atoms with Crippen LogP contribution in [0.25, 0.3) is 0 Å². The Kier molecular flexibility index (Phi) is 4.73. The molecule has 0 aliphatic carbocycles. The van der Waals surface area contributed by atoms with Gasteiger partial charge in [0.1, 0.15) is 12.2 Å². The van der Waals surface area contributed by atoms with E-state index >= 15 is 0 Å². The third-order valence-corrected chi connectivity index (χ3v) is 5.13. The summed E-state index contributed by atoms with van der Waals surface area (Å²) in [6.07, 6.45) is 4.38. The van der Waals surface area contributed by atoms with Crippen LogP contribution in [0.15, 0.2) is 54.9 Å². The lowest BCUT2D eigenvalue weighted by Gasteiger charge is -2.33. The number of amides is 2. The van der Waals surface area contributed by atoms with Crippen molar-refractivity contribution < 1.29 is 9.59 Å². The summed E-state index contributed by atoms with van der Waals surface area (Å²) in [5.41, 5.74) is 3.50. The van der Waals surface area contributed by atoms with E-state index in [1.54, 1.807) is 35.9 Å². The van der Waals surface area contributed by atoms with Gasteiger partial charge in [-0.2, -0.15) is 5.10 Å². The van der Waals surface area contributed by atoms with E-state index in [-0.39, 0.29) is 24.3 Å². The highest BCUT2D eigenvalue weighted by Crippen LogP contribution is 2.39. The molecule has 0 saturated heterocycles. The minimum atomic E-state index is -0.0296. The van der Waals surface area contributed by atoms with E-state index in [2.05, 4.69) is 16.1 Å². The van der Waals surface area contributed by atoms with Crippen LogP contribution in [0.4, 0.5) is 5.69 Å². The number of hydrogen-bond donors (Lipinski definition) is 1. The van der Waals surface area contributed by atoms with Gasteiger partial charge in [0.15, 0.2) is 0 Å². The fourth-order valence-corrected chi connectivity index (χ4v) is 3.62. The number of benzene rings is 1. The molecule has 2 amide bonds. The summed E-state index contributed by atoms with van der Waals surface area (Å²) >= 11 is 0. The Labute approximate surface area is 163 Å². The molecule has 7 nitrogen and oxygen atoms in total. The van der Waals surface area contributed by atoms with Crippen molar-refractivity contribution in [2.45, 2.75) is 18.9 Å². The maximum atomic E-state index is 12.9. The van der Waals surface area contributed by atoms with Gasteiger partial charge in [-0.1, -0.05) is 18.2 Å². The summed E-state index contributed by atoms with van der Waals surface area (Å²) < 4.78 is 1.68. The van der Waals surface area contributed by atoms with Crippen LogP contribution in [0.3, 0.4) is 0 Å². The molecule has 4 rings (SSSR count). The van der Waals surface area contributed by atoms with Crippen LogP contribution in [0.5, 0.6) is 0 Å². The highest BCUT2D eigenvalue weighted by molar-refractivity contribution is 6.05. The summed E-state index contributed by atoms with van der Waals surface area (Å²) in [6, 6.07) is 13.6. The van der Waals surface area contributed by atoms with Crippen LogP contribution >= 0.6 is 0 Å². The molecule has 1 N–H and O–H groups in total. The van der Waals surface area contributed by atoms with Crippen LogP contribution < -0.4 is 4.90 Å². The standard InChI is InChI=1S/C21H23N5O2/c1-24(2)20(27)14-25-12-10-17(23-25)15-9-13-26(19-8-4-3-6-16(15)19)21(28)18-7-5-11-22-18/h3-8,10-12,15,22H,9,13-14H2,1-2H3/t15-/m1/s1. The van der Waals surface area contributed by atoms with E-state index in [1.807, 2.05) is 41.4 Å². The zero-order valence-electron chi connectivity index (χ0n) is 16.0. The molecule has 1 aliphatic heterocycles. The molecule has 0 spiro atoms. The third-order valence-electron chi connectivity index (χ3n) is 5.13. The van der Waals surface area contributed by atoms with Crippen LogP contribution in [0.2, 0.25) is 0 Å². The number of H-pyrrole nitrogens is 1. The number of carbonyl (C=O) groups excluding carboxylic acids is 2. The minimum Gasteiger partial charge on any atom is -0.357 e. The molecule has 1 atom stereocenters. The third kappa shape index (κ3) is 3.31. The lowest BCUT2D eigenvalue weighted by atomic mass is 9.87. The topological polar surface area (TPSA) is 74.2 Å². The predicted octanol–water partition coefficient (Wildman–Crippen LogP) is 2.48. The van der Waals surface area contributed by atoms with Gasteiger partial charge in [-0.3, -0.25) is 14.3 Å². The quantitative estimate of drug-likeness (QED) is 0.759. The Morgan fingerprint density at radius 1 is 1.18 bits per heavy atom. The van der Waals surface area contributed by atoms with E-state index in [4.69, 9.17) is 0 Å². The lowest BCUT2D eigenvalue weighted by Crippen LogP contribution is -2.37. The van der Waals surface area contributed by atoms with Gasteiger partial charge in [0.2, 0.25) is 5.91 Å². The lowest BCUT2D eigenvalue weighted by molar-refractivity contribution is -0.129. The molecule has 7 heteroatoms. The highest BCUT2D eigenvalue weighted by Gasteiger charge is 2.31. The van der Waals surface area contributed by atoms with Crippen LogP contribution in [-0.4, -0.2) is 52.1 Å². The molecule has 0 fully saturated rings. The van der Waals surface area contributed by atoms with Crippen LogP contribution in [-0.2, 0) is 11.3 Å². The number of hydrogen-bond acceptors (Lipinski definition) is 3. The van der Waals surface area contributed by atoms with Gasteiger partial charge < -0.3 is 14.8 Å². The second kappa shape index (κ2) is 7.34. The van der Waals surface area contributed by atoms with Crippen LogP contribution in [0.1, 0.15) is 34.1 Å². The monoisotopic (exact) mass is 377 g/mol. The largest absolute Gasteiger partial charge is 0.357 e. The van der Waals surface area contributed by atoms with Gasteiger partial charge in [0.25, 0.3) is 5.91 Å². The van der Waals surface area contributed by atoms with Gasteiger partial charge in [0, 0.05) is 44.6 Å².